The van der Waals surface area contributed by atoms with Crippen molar-refractivity contribution < 1.29 is 15.0 Å². The van der Waals surface area contributed by atoms with Gasteiger partial charge in [0.1, 0.15) is 0 Å². The van der Waals surface area contributed by atoms with E-state index in [1.54, 1.807) is 12.1 Å². The fourth-order valence-electron chi connectivity index (χ4n) is 2.05. The van der Waals surface area contributed by atoms with Gasteiger partial charge in [-0.15, -0.1) is 0 Å². The summed E-state index contributed by atoms with van der Waals surface area (Å²) in [7, 11) is 0. The van der Waals surface area contributed by atoms with Gasteiger partial charge in [0.25, 0.3) is 0 Å². The first-order chi connectivity index (χ1) is 8.47. The van der Waals surface area contributed by atoms with Gasteiger partial charge < -0.3 is 15.9 Å². The van der Waals surface area contributed by atoms with E-state index >= 15 is 0 Å². The topological polar surface area (TPSA) is 86.8 Å². The van der Waals surface area contributed by atoms with Gasteiger partial charge in [-0.2, -0.15) is 0 Å². The second-order valence-electron chi connectivity index (χ2n) is 4.50. The number of halogens is 1. The smallest absolute Gasteiger partial charge is 0.248 e. The van der Waals surface area contributed by atoms with Crippen LogP contribution in [0.25, 0.3) is 0 Å². The van der Waals surface area contributed by atoms with Crippen LogP contribution in [0.15, 0.2) is 18.2 Å². The number of carbonyl (C=O) groups is 1. The summed E-state index contributed by atoms with van der Waals surface area (Å²) >= 11 is 6.07. The van der Waals surface area contributed by atoms with Crippen LogP contribution in [0.2, 0.25) is 5.02 Å². The van der Waals surface area contributed by atoms with E-state index in [1.807, 2.05) is 4.90 Å². The fraction of sp³-hybridized carbons (Fsp3) is 0.417. The van der Waals surface area contributed by atoms with Crippen molar-refractivity contribution in [3.8, 4) is 0 Å². The number of hydrogen-bond acceptors (Lipinski definition) is 4. The van der Waals surface area contributed by atoms with Crippen molar-refractivity contribution >= 4 is 17.5 Å². The van der Waals surface area contributed by atoms with Crippen molar-refractivity contribution in [1.82, 2.24) is 4.90 Å². The van der Waals surface area contributed by atoms with Crippen molar-refractivity contribution in [3.05, 3.63) is 34.3 Å². The number of likely N-dealkylation sites (tertiary alicyclic amines) is 1. The first kappa shape index (κ1) is 13.3. The molecule has 0 aromatic heterocycles. The summed E-state index contributed by atoms with van der Waals surface area (Å²) in [5.41, 5.74) is 6.36. The molecule has 1 aromatic carbocycles. The number of carbonyl (C=O) groups excluding carboxylic acids is 1. The molecule has 1 saturated heterocycles. The molecular weight excluding hydrogens is 256 g/mol. The second-order valence-corrected chi connectivity index (χ2v) is 4.91. The average molecular weight is 271 g/mol. The van der Waals surface area contributed by atoms with Gasteiger partial charge in [-0.25, -0.2) is 0 Å². The van der Waals surface area contributed by atoms with Gasteiger partial charge in [0.05, 0.1) is 12.2 Å². The van der Waals surface area contributed by atoms with Gasteiger partial charge in [-0.3, -0.25) is 9.69 Å². The van der Waals surface area contributed by atoms with E-state index in [1.165, 1.54) is 6.07 Å². The molecule has 0 spiro atoms. The maximum absolute atomic E-state index is 11.0. The van der Waals surface area contributed by atoms with E-state index in [0.29, 0.717) is 30.2 Å². The summed E-state index contributed by atoms with van der Waals surface area (Å²) in [6, 6.07) is 4.88. The highest BCUT2D eigenvalue weighted by Gasteiger charge is 2.29. The molecule has 1 amide bonds. The number of aliphatic hydroxyl groups excluding tert-OH is 2. The summed E-state index contributed by atoms with van der Waals surface area (Å²) in [5, 5.41) is 19.4. The minimum absolute atomic E-state index is 0.366. The van der Waals surface area contributed by atoms with Crippen LogP contribution >= 0.6 is 11.6 Å². The highest BCUT2D eigenvalue weighted by molar-refractivity contribution is 6.31. The zero-order valence-electron chi connectivity index (χ0n) is 9.71. The molecule has 4 N–H and O–H groups in total. The molecule has 2 rings (SSSR count). The lowest BCUT2D eigenvalue weighted by atomic mass is 10.1. The third kappa shape index (κ3) is 2.81. The number of primary amides is 1. The second kappa shape index (κ2) is 5.24. The molecular formula is C12H15ClN2O3. The van der Waals surface area contributed by atoms with Crippen LogP contribution in [0, 0.1) is 0 Å². The minimum Gasteiger partial charge on any atom is -0.389 e. The summed E-state index contributed by atoms with van der Waals surface area (Å²) in [5.74, 6) is -0.518. The molecule has 1 heterocycles. The Morgan fingerprint density at radius 3 is 2.50 bits per heavy atom. The molecule has 0 aliphatic carbocycles. The summed E-state index contributed by atoms with van der Waals surface area (Å²) in [6.07, 6.45) is -1.43. The first-order valence-corrected chi connectivity index (χ1v) is 6.02. The largest absolute Gasteiger partial charge is 0.389 e. The Labute approximate surface area is 110 Å². The van der Waals surface area contributed by atoms with Gasteiger partial charge in [0.15, 0.2) is 0 Å². The quantitative estimate of drug-likeness (QED) is 0.720. The van der Waals surface area contributed by atoms with E-state index in [2.05, 4.69) is 0 Å². The van der Waals surface area contributed by atoms with Gasteiger partial charge in [0.2, 0.25) is 5.91 Å². The first-order valence-electron chi connectivity index (χ1n) is 5.64. The van der Waals surface area contributed by atoms with Crippen LogP contribution in [0.3, 0.4) is 0 Å². The summed E-state index contributed by atoms with van der Waals surface area (Å²) in [4.78, 5) is 12.9. The van der Waals surface area contributed by atoms with Crippen LogP contribution in [0.1, 0.15) is 15.9 Å². The molecule has 1 fully saturated rings. The standard InChI is InChI=1S/C12H15ClN2O3/c13-9-3-7(12(14)18)1-2-8(9)4-15-5-10(16)11(17)6-15/h1-3,10-11,16-17H,4-6H2,(H2,14,18)/t10-,11+. The maximum atomic E-state index is 11.0. The van der Waals surface area contributed by atoms with Gasteiger partial charge in [-0.05, 0) is 17.7 Å². The Morgan fingerprint density at radius 1 is 1.39 bits per heavy atom. The molecule has 0 saturated carbocycles. The molecule has 2 atom stereocenters. The molecule has 18 heavy (non-hydrogen) atoms. The van der Waals surface area contributed by atoms with Gasteiger partial charge >= 0.3 is 0 Å². The van der Waals surface area contributed by atoms with E-state index in [9.17, 15) is 15.0 Å². The third-order valence-corrected chi connectivity index (χ3v) is 3.42. The van der Waals surface area contributed by atoms with E-state index in [4.69, 9.17) is 17.3 Å². The van der Waals surface area contributed by atoms with E-state index in [-0.39, 0.29) is 0 Å². The lowest BCUT2D eigenvalue weighted by Crippen LogP contribution is -2.22. The Balaban J connectivity index is 2.08. The number of amides is 1. The zero-order valence-corrected chi connectivity index (χ0v) is 10.5. The molecule has 1 aromatic rings. The number of β-amino-alcohol motifs (C(OH)–C–C–N with tert-alkyl or cyclic N) is 2. The Morgan fingerprint density at radius 2 is 2.00 bits per heavy atom. The predicted octanol–water partition coefficient (Wildman–Crippen LogP) is -0.0237. The lowest BCUT2D eigenvalue weighted by Gasteiger charge is -2.15. The molecule has 6 heteroatoms. The fourth-order valence-corrected chi connectivity index (χ4v) is 2.29. The van der Waals surface area contributed by atoms with Crippen LogP contribution in [0.5, 0.6) is 0 Å². The molecule has 1 aliphatic heterocycles. The predicted molar refractivity (Wildman–Crippen MR) is 67.3 cm³/mol. The van der Waals surface area contributed by atoms with Crippen molar-refractivity contribution in [3.63, 3.8) is 0 Å². The highest BCUT2D eigenvalue weighted by atomic mass is 35.5. The third-order valence-electron chi connectivity index (χ3n) is 3.07. The van der Waals surface area contributed by atoms with Crippen molar-refractivity contribution in [1.29, 1.82) is 0 Å². The van der Waals surface area contributed by atoms with Crippen LogP contribution in [-0.4, -0.2) is 46.3 Å². The summed E-state index contributed by atoms with van der Waals surface area (Å²) < 4.78 is 0. The number of benzene rings is 1. The van der Waals surface area contributed by atoms with E-state index < -0.39 is 18.1 Å². The number of hydrogen-bond donors (Lipinski definition) is 3. The zero-order chi connectivity index (χ0) is 13.3. The monoisotopic (exact) mass is 270 g/mol. The van der Waals surface area contributed by atoms with Gasteiger partial charge in [0, 0.05) is 30.2 Å². The Bertz CT molecular complexity index is 457. The Kier molecular flexibility index (Phi) is 3.87. The molecule has 0 unspecified atom stereocenters. The van der Waals surface area contributed by atoms with Crippen LogP contribution in [-0.2, 0) is 6.54 Å². The lowest BCUT2D eigenvalue weighted by molar-refractivity contribution is 0.0572. The highest BCUT2D eigenvalue weighted by Crippen LogP contribution is 2.21. The molecule has 0 bridgehead atoms. The van der Waals surface area contributed by atoms with Crippen molar-refractivity contribution in [2.24, 2.45) is 5.73 Å². The normalized spacial score (nSPS) is 24.4. The number of aliphatic hydroxyl groups is 2. The van der Waals surface area contributed by atoms with Crippen LogP contribution in [0.4, 0.5) is 0 Å². The molecule has 1 aliphatic rings. The molecule has 0 radical (unpaired) electrons. The SMILES string of the molecule is NC(=O)c1ccc(CN2C[C@@H](O)[C@@H](O)C2)c(Cl)c1. The Hall–Kier alpha value is -1.14. The number of nitrogens with zero attached hydrogens (tertiary/aromatic N) is 1. The molecule has 5 nitrogen and oxygen atoms in total. The van der Waals surface area contributed by atoms with Crippen molar-refractivity contribution in [2.45, 2.75) is 18.8 Å². The molecule has 98 valence electrons. The average Bonchev–Trinajstić information content (AvgIpc) is 2.61. The van der Waals surface area contributed by atoms with Gasteiger partial charge in [-0.1, -0.05) is 17.7 Å². The van der Waals surface area contributed by atoms with E-state index in [0.717, 1.165) is 5.56 Å². The van der Waals surface area contributed by atoms with Crippen molar-refractivity contribution in [2.75, 3.05) is 13.1 Å². The summed E-state index contributed by atoms with van der Waals surface area (Å²) in [6.45, 7) is 1.34. The number of rotatable bonds is 3. The minimum atomic E-state index is -0.714. The number of nitrogens with two attached hydrogens (primary N) is 1. The van der Waals surface area contributed by atoms with Crippen LogP contribution < -0.4 is 5.73 Å². The maximum Gasteiger partial charge on any atom is 0.248 e.